The first-order chi connectivity index (χ1) is 7.76. The molecule has 0 aliphatic rings. The minimum atomic E-state index is -0.183. The van der Waals surface area contributed by atoms with Crippen LogP contribution in [0.25, 0.3) is 0 Å². The van der Waals surface area contributed by atoms with Gasteiger partial charge in [-0.05, 0) is 25.7 Å². The van der Waals surface area contributed by atoms with E-state index in [1.165, 1.54) is 4.88 Å². The zero-order chi connectivity index (χ0) is 13.1. The Labute approximate surface area is 109 Å². The van der Waals surface area contributed by atoms with Crippen LogP contribution in [0.1, 0.15) is 44.5 Å². The van der Waals surface area contributed by atoms with Gasteiger partial charge in [-0.2, -0.15) is 0 Å². The molecular weight excluding hydrogens is 230 g/mol. The van der Waals surface area contributed by atoms with E-state index in [-0.39, 0.29) is 11.0 Å². The molecule has 0 saturated heterocycles. The monoisotopic (exact) mass is 255 g/mol. The van der Waals surface area contributed by atoms with E-state index >= 15 is 0 Å². The molecule has 1 heterocycles. The van der Waals surface area contributed by atoms with Gasteiger partial charge in [0, 0.05) is 29.7 Å². The first-order valence-electron chi connectivity index (χ1n) is 6.19. The summed E-state index contributed by atoms with van der Waals surface area (Å²) in [4.78, 5) is 5.74. The van der Waals surface area contributed by atoms with Gasteiger partial charge in [-0.15, -0.1) is 11.3 Å². The Bertz CT molecular complexity index is 350. The zero-order valence-corrected chi connectivity index (χ0v) is 12.4. The Morgan fingerprint density at radius 3 is 2.47 bits per heavy atom. The molecule has 0 saturated carbocycles. The van der Waals surface area contributed by atoms with Gasteiger partial charge in [0.25, 0.3) is 0 Å². The normalized spacial score (nSPS) is 13.1. The molecule has 0 bridgehead atoms. The molecule has 3 nitrogen and oxygen atoms in total. The van der Waals surface area contributed by atoms with E-state index in [2.05, 4.69) is 44.9 Å². The van der Waals surface area contributed by atoms with Crippen molar-refractivity contribution in [2.45, 2.75) is 53.1 Å². The molecule has 0 aliphatic carbocycles. The number of rotatable bonds is 6. The van der Waals surface area contributed by atoms with Gasteiger partial charge in [0.05, 0.1) is 0 Å². The van der Waals surface area contributed by atoms with E-state index in [0.717, 1.165) is 24.5 Å². The summed E-state index contributed by atoms with van der Waals surface area (Å²) in [5, 5.41) is 4.61. The topological polar surface area (TPSA) is 50.9 Å². The predicted molar refractivity (Wildman–Crippen MR) is 75.2 cm³/mol. The van der Waals surface area contributed by atoms with E-state index in [1.807, 2.05) is 6.20 Å². The number of aryl methyl sites for hydroxylation is 1. The fourth-order valence-electron chi connectivity index (χ4n) is 1.30. The second-order valence-electron chi connectivity index (χ2n) is 5.78. The summed E-state index contributed by atoms with van der Waals surface area (Å²) in [6.45, 7) is 12.4. The molecule has 0 aliphatic heterocycles. The van der Waals surface area contributed by atoms with Gasteiger partial charge in [-0.1, -0.05) is 20.8 Å². The second kappa shape index (κ2) is 5.46. The molecule has 0 aromatic carbocycles. The summed E-state index contributed by atoms with van der Waals surface area (Å²) in [7, 11) is 0. The van der Waals surface area contributed by atoms with Gasteiger partial charge in [0.2, 0.25) is 0 Å². The van der Waals surface area contributed by atoms with Crippen molar-refractivity contribution < 1.29 is 0 Å². The van der Waals surface area contributed by atoms with Crippen molar-refractivity contribution in [1.29, 1.82) is 0 Å². The van der Waals surface area contributed by atoms with Crippen LogP contribution in [-0.4, -0.2) is 17.1 Å². The van der Waals surface area contributed by atoms with E-state index in [9.17, 15) is 0 Å². The molecular formula is C13H25N3S. The maximum Gasteiger partial charge on any atom is 0.107 e. The lowest BCUT2D eigenvalue weighted by Gasteiger charge is -2.38. The Balaban J connectivity index is 2.42. The Hall–Kier alpha value is -0.450. The van der Waals surface area contributed by atoms with Crippen LogP contribution in [0.3, 0.4) is 0 Å². The van der Waals surface area contributed by atoms with Crippen LogP contribution in [0, 0.1) is 5.41 Å². The zero-order valence-electron chi connectivity index (χ0n) is 11.6. The highest BCUT2D eigenvalue weighted by atomic mass is 32.1. The number of nitrogens with two attached hydrogens (primary N) is 1. The Kier molecular flexibility index (Phi) is 4.69. The van der Waals surface area contributed by atoms with Crippen molar-refractivity contribution in [3.8, 4) is 0 Å². The van der Waals surface area contributed by atoms with Crippen LogP contribution in [0.2, 0.25) is 0 Å². The lowest BCUT2D eigenvalue weighted by atomic mass is 9.75. The summed E-state index contributed by atoms with van der Waals surface area (Å²) in [6.07, 6.45) is 3.04. The Morgan fingerprint density at radius 2 is 2.00 bits per heavy atom. The average Bonchev–Trinajstić information content (AvgIpc) is 2.63. The van der Waals surface area contributed by atoms with Crippen LogP contribution in [0.5, 0.6) is 0 Å². The fraction of sp³-hybridized carbons (Fsp3) is 0.769. The number of thiazole rings is 1. The maximum atomic E-state index is 6.17. The molecule has 0 amide bonds. The van der Waals surface area contributed by atoms with Crippen molar-refractivity contribution in [2.75, 3.05) is 6.54 Å². The van der Waals surface area contributed by atoms with Gasteiger partial charge in [-0.3, -0.25) is 0 Å². The number of nitrogens with zero attached hydrogens (tertiary/aromatic N) is 1. The second-order valence-corrected chi connectivity index (χ2v) is 6.98. The van der Waals surface area contributed by atoms with Gasteiger partial charge in [0.15, 0.2) is 0 Å². The third-order valence-electron chi connectivity index (χ3n) is 3.54. The van der Waals surface area contributed by atoms with E-state index in [4.69, 9.17) is 5.73 Å². The molecule has 0 unspecified atom stereocenters. The Morgan fingerprint density at radius 1 is 1.35 bits per heavy atom. The quantitative estimate of drug-likeness (QED) is 0.821. The first-order valence-corrected chi connectivity index (χ1v) is 7.01. The highest BCUT2D eigenvalue weighted by molar-refractivity contribution is 7.11. The molecule has 1 rings (SSSR count). The number of hydrogen-bond acceptors (Lipinski definition) is 4. The molecule has 0 spiro atoms. The van der Waals surface area contributed by atoms with E-state index in [0.29, 0.717) is 0 Å². The van der Waals surface area contributed by atoms with Crippen LogP contribution in [0.15, 0.2) is 6.20 Å². The largest absolute Gasteiger partial charge is 0.325 e. The van der Waals surface area contributed by atoms with Crippen molar-refractivity contribution in [3.05, 3.63) is 16.1 Å². The molecule has 17 heavy (non-hydrogen) atoms. The SMILES string of the molecule is CCc1cnc(CNCC(C)(C)C(C)(C)N)s1. The van der Waals surface area contributed by atoms with Crippen molar-refractivity contribution in [2.24, 2.45) is 11.1 Å². The fourth-order valence-corrected chi connectivity index (χ4v) is 2.13. The van der Waals surface area contributed by atoms with Crippen molar-refractivity contribution in [1.82, 2.24) is 10.3 Å². The first kappa shape index (κ1) is 14.6. The molecule has 3 N–H and O–H groups in total. The predicted octanol–water partition coefficient (Wildman–Crippen LogP) is 2.56. The molecule has 0 atom stereocenters. The summed E-state index contributed by atoms with van der Waals surface area (Å²) in [6, 6.07) is 0. The van der Waals surface area contributed by atoms with E-state index < -0.39 is 0 Å². The standard InChI is InChI=1S/C13H25N3S/c1-6-10-7-16-11(17-10)8-15-9-12(2,3)13(4,5)14/h7,15H,6,8-9,14H2,1-5H3. The third-order valence-corrected chi connectivity index (χ3v) is 4.68. The van der Waals surface area contributed by atoms with Gasteiger partial charge in [0.1, 0.15) is 5.01 Å². The highest BCUT2D eigenvalue weighted by Crippen LogP contribution is 2.27. The smallest absolute Gasteiger partial charge is 0.107 e. The molecule has 0 fully saturated rings. The summed E-state index contributed by atoms with van der Waals surface area (Å²) >= 11 is 1.79. The summed E-state index contributed by atoms with van der Waals surface area (Å²) in [5.41, 5.74) is 6.05. The van der Waals surface area contributed by atoms with Gasteiger partial charge in [-0.25, -0.2) is 4.98 Å². The van der Waals surface area contributed by atoms with Crippen molar-refractivity contribution in [3.63, 3.8) is 0 Å². The maximum absolute atomic E-state index is 6.17. The summed E-state index contributed by atoms with van der Waals surface area (Å²) in [5.74, 6) is 0. The lowest BCUT2D eigenvalue weighted by molar-refractivity contribution is 0.194. The molecule has 98 valence electrons. The number of aromatic nitrogens is 1. The molecule has 1 aromatic rings. The van der Waals surface area contributed by atoms with Crippen LogP contribution in [0.4, 0.5) is 0 Å². The molecule has 0 radical (unpaired) electrons. The number of nitrogens with one attached hydrogen (secondary N) is 1. The third kappa shape index (κ3) is 4.05. The minimum Gasteiger partial charge on any atom is -0.325 e. The van der Waals surface area contributed by atoms with Crippen LogP contribution >= 0.6 is 11.3 Å². The van der Waals surface area contributed by atoms with Crippen molar-refractivity contribution >= 4 is 11.3 Å². The summed E-state index contributed by atoms with van der Waals surface area (Å²) < 4.78 is 0. The minimum absolute atomic E-state index is 0.0673. The molecule has 1 aromatic heterocycles. The number of hydrogen-bond donors (Lipinski definition) is 2. The molecule has 4 heteroatoms. The average molecular weight is 255 g/mol. The van der Waals surface area contributed by atoms with Crippen LogP contribution < -0.4 is 11.1 Å². The van der Waals surface area contributed by atoms with Gasteiger partial charge < -0.3 is 11.1 Å². The van der Waals surface area contributed by atoms with Crippen LogP contribution in [-0.2, 0) is 13.0 Å². The van der Waals surface area contributed by atoms with E-state index in [1.54, 1.807) is 11.3 Å². The van der Waals surface area contributed by atoms with Gasteiger partial charge >= 0.3 is 0 Å². The lowest BCUT2D eigenvalue weighted by Crippen LogP contribution is -2.52. The highest BCUT2D eigenvalue weighted by Gasteiger charge is 2.32.